The van der Waals surface area contributed by atoms with Crippen LogP contribution in [-0.2, 0) is 4.74 Å². The number of ether oxygens (including phenoxy) is 1. The molecule has 1 saturated heterocycles. The molecule has 0 radical (unpaired) electrons. The number of hydrogen-bond donors (Lipinski definition) is 1. The third-order valence-corrected chi connectivity index (χ3v) is 2.52. The van der Waals surface area contributed by atoms with Gasteiger partial charge in [0.05, 0.1) is 6.04 Å². The number of nitrogens with zero attached hydrogens (tertiary/aromatic N) is 3. The summed E-state index contributed by atoms with van der Waals surface area (Å²) in [5, 5.41) is 4.12. The van der Waals surface area contributed by atoms with Crippen molar-refractivity contribution in [2.45, 2.75) is 32.4 Å². The quantitative estimate of drug-likeness (QED) is 0.799. The minimum atomic E-state index is -0.446. The first-order chi connectivity index (χ1) is 7.85. The topological polar surface area (TPSA) is 73.4 Å². The number of amides is 1. The van der Waals surface area contributed by atoms with Gasteiger partial charge in [-0.1, -0.05) is 0 Å². The third kappa shape index (κ3) is 2.69. The van der Waals surface area contributed by atoms with Gasteiger partial charge in [0.25, 0.3) is 0 Å². The van der Waals surface area contributed by atoms with Crippen LogP contribution in [0.15, 0.2) is 12.3 Å². The van der Waals surface area contributed by atoms with Gasteiger partial charge in [0, 0.05) is 19.3 Å². The Hall–Kier alpha value is -1.72. The van der Waals surface area contributed by atoms with Gasteiger partial charge in [-0.25, -0.2) is 4.79 Å². The Balaban J connectivity index is 1.85. The summed E-state index contributed by atoms with van der Waals surface area (Å²) in [6.45, 7) is 6.81. The SMILES string of the molecule is CC(C)(C)OC(=O)N1CC(n2ccc(N)n2)C1. The molecule has 6 heteroatoms. The molecule has 1 amide bonds. The van der Waals surface area contributed by atoms with Crippen molar-refractivity contribution in [3.8, 4) is 0 Å². The molecule has 1 aliphatic rings. The van der Waals surface area contributed by atoms with Gasteiger partial charge in [0.1, 0.15) is 11.4 Å². The maximum atomic E-state index is 11.7. The monoisotopic (exact) mass is 238 g/mol. The lowest BCUT2D eigenvalue weighted by Gasteiger charge is -2.39. The highest BCUT2D eigenvalue weighted by Gasteiger charge is 2.35. The average Bonchev–Trinajstić information content (AvgIpc) is 2.45. The number of carbonyl (C=O) groups is 1. The van der Waals surface area contributed by atoms with Crippen LogP contribution in [0, 0.1) is 0 Å². The Morgan fingerprint density at radius 3 is 2.65 bits per heavy atom. The summed E-state index contributed by atoms with van der Waals surface area (Å²) in [4.78, 5) is 13.3. The van der Waals surface area contributed by atoms with E-state index >= 15 is 0 Å². The van der Waals surface area contributed by atoms with Crippen LogP contribution in [-0.4, -0.2) is 39.5 Å². The highest BCUT2D eigenvalue weighted by molar-refractivity contribution is 5.69. The van der Waals surface area contributed by atoms with Crippen LogP contribution in [0.25, 0.3) is 0 Å². The molecule has 1 aromatic heterocycles. The van der Waals surface area contributed by atoms with Crippen molar-refractivity contribution in [3.05, 3.63) is 12.3 Å². The molecule has 2 heterocycles. The molecule has 0 atom stereocenters. The standard InChI is InChI=1S/C11H18N4O2/c1-11(2,3)17-10(16)14-6-8(7-14)15-5-4-9(12)13-15/h4-5,8H,6-7H2,1-3H3,(H2,12,13). The van der Waals surface area contributed by atoms with E-state index in [-0.39, 0.29) is 12.1 Å². The van der Waals surface area contributed by atoms with Crippen LogP contribution in [0.3, 0.4) is 0 Å². The molecule has 1 fully saturated rings. The van der Waals surface area contributed by atoms with Gasteiger partial charge in [-0.3, -0.25) is 4.68 Å². The smallest absolute Gasteiger partial charge is 0.410 e. The summed E-state index contributed by atoms with van der Waals surface area (Å²) in [7, 11) is 0. The molecule has 1 aliphatic heterocycles. The first-order valence-corrected chi connectivity index (χ1v) is 5.64. The van der Waals surface area contributed by atoms with E-state index in [9.17, 15) is 4.79 Å². The minimum absolute atomic E-state index is 0.208. The molecule has 0 aliphatic carbocycles. The summed E-state index contributed by atoms with van der Waals surface area (Å²) in [6, 6.07) is 1.95. The Kier molecular flexibility index (Phi) is 2.73. The van der Waals surface area contributed by atoms with Crippen LogP contribution in [0.1, 0.15) is 26.8 Å². The predicted molar refractivity (Wildman–Crippen MR) is 63.5 cm³/mol. The number of nitrogen functional groups attached to an aromatic ring is 1. The normalized spacial score (nSPS) is 16.8. The van der Waals surface area contributed by atoms with Crippen molar-refractivity contribution in [1.29, 1.82) is 0 Å². The van der Waals surface area contributed by atoms with E-state index < -0.39 is 5.60 Å². The second kappa shape index (κ2) is 3.94. The van der Waals surface area contributed by atoms with Crippen molar-refractivity contribution in [3.63, 3.8) is 0 Å². The van der Waals surface area contributed by atoms with E-state index in [1.54, 1.807) is 15.6 Å². The molecule has 0 bridgehead atoms. The minimum Gasteiger partial charge on any atom is -0.444 e. The number of hydrogen-bond acceptors (Lipinski definition) is 4. The molecule has 1 aromatic rings. The van der Waals surface area contributed by atoms with Gasteiger partial charge in [-0.2, -0.15) is 5.10 Å². The third-order valence-electron chi connectivity index (χ3n) is 2.52. The second-order valence-corrected chi connectivity index (χ2v) is 5.26. The molecule has 0 spiro atoms. The van der Waals surface area contributed by atoms with Crippen molar-refractivity contribution < 1.29 is 9.53 Å². The molecule has 0 aromatic carbocycles. The zero-order valence-corrected chi connectivity index (χ0v) is 10.4. The summed E-state index contributed by atoms with van der Waals surface area (Å²) < 4.78 is 7.05. The van der Waals surface area contributed by atoms with E-state index in [2.05, 4.69) is 5.10 Å². The molecule has 94 valence electrons. The highest BCUT2D eigenvalue weighted by atomic mass is 16.6. The van der Waals surface area contributed by atoms with E-state index in [0.717, 1.165) is 0 Å². The van der Waals surface area contributed by atoms with E-state index in [1.807, 2.05) is 27.0 Å². The van der Waals surface area contributed by atoms with Crippen molar-refractivity contribution in [1.82, 2.24) is 14.7 Å². The first kappa shape index (κ1) is 11.8. The lowest BCUT2D eigenvalue weighted by Crippen LogP contribution is -2.52. The molecule has 2 N–H and O–H groups in total. The first-order valence-electron chi connectivity index (χ1n) is 5.64. The molecular weight excluding hydrogens is 220 g/mol. The Morgan fingerprint density at radius 2 is 2.18 bits per heavy atom. The molecule has 0 unspecified atom stereocenters. The van der Waals surface area contributed by atoms with Crippen molar-refractivity contribution in [2.24, 2.45) is 0 Å². The number of carbonyl (C=O) groups excluding carboxylic acids is 1. The number of likely N-dealkylation sites (tertiary alicyclic amines) is 1. The Morgan fingerprint density at radius 1 is 1.53 bits per heavy atom. The Labute approximate surface area is 100 Å². The van der Waals surface area contributed by atoms with Gasteiger partial charge in [-0.05, 0) is 26.8 Å². The van der Waals surface area contributed by atoms with Crippen LogP contribution < -0.4 is 5.73 Å². The van der Waals surface area contributed by atoms with E-state index in [4.69, 9.17) is 10.5 Å². The average molecular weight is 238 g/mol. The fourth-order valence-corrected chi connectivity index (χ4v) is 1.65. The van der Waals surface area contributed by atoms with Crippen LogP contribution in [0.2, 0.25) is 0 Å². The summed E-state index contributed by atoms with van der Waals surface area (Å²) in [5.74, 6) is 0.501. The fraction of sp³-hybridized carbons (Fsp3) is 0.636. The molecule has 0 saturated carbocycles. The van der Waals surface area contributed by atoms with Crippen molar-refractivity contribution in [2.75, 3.05) is 18.8 Å². The van der Waals surface area contributed by atoms with Gasteiger partial charge in [0.15, 0.2) is 0 Å². The second-order valence-electron chi connectivity index (χ2n) is 5.26. The lowest BCUT2D eigenvalue weighted by atomic mass is 10.1. The van der Waals surface area contributed by atoms with Crippen LogP contribution >= 0.6 is 0 Å². The maximum Gasteiger partial charge on any atom is 0.410 e. The molecular formula is C11H18N4O2. The van der Waals surface area contributed by atoms with Crippen LogP contribution in [0.5, 0.6) is 0 Å². The fourth-order valence-electron chi connectivity index (χ4n) is 1.65. The van der Waals surface area contributed by atoms with Crippen LogP contribution in [0.4, 0.5) is 10.6 Å². The lowest BCUT2D eigenvalue weighted by molar-refractivity contribution is -0.000343. The zero-order chi connectivity index (χ0) is 12.6. The van der Waals surface area contributed by atoms with Gasteiger partial charge < -0.3 is 15.4 Å². The van der Waals surface area contributed by atoms with Gasteiger partial charge in [0.2, 0.25) is 0 Å². The maximum absolute atomic E-state index is 11.7. The largest absolute Gasteiger partial charge is 0.444 e. The predicted octanol–water partition coefficient (Wildman–Crippen LogP) is 1.26. The summed E-state index contributed by atoms with van der Waals surface area (Å²) in [6.07, 6.45) is 1.56. The number of nitrogens with two attached hydrogens (primary N) is 1. The Bertz CT molecular complexity index is 415. The molecule has 17 heavy (non-hydrogen) atoms. The van der Waals surface area contributed by atoms with E-state index in [1.165, 1.54) is 0 Å². The summed E-state index contributed by atoms with van der Waals surface area (Å²) >= 11 is 0. The van der Waals surface area contributed by atoms with Gasteiger partial charge in [-0.15, -0.1) is 0 Å². The zero-order valence-electron chi connectivity index (χ0n) is 10.4. The number of anilines is 1. The van der Waals surface area contributed by atoms with E-state index in [0.29, 0.717) is 18.9 Å². The summed E-state index contributed by atoms with van der Waals surface area (Å²) in [5.41, 5.74) is 5.09. The molecule has 2 rings (SSSR count). The highest BCUT2D eigenvalue weighted by Crippen LogP contribution is 2.23. The number of rotatable bonds is 1. The van der Waals surface area contributed by atoms with Crippen molar-refractivity contribution >= 4 is 11.9 Å². The van der Waals surface area contributed by atoms with Gasteiger partial charge >= 0.3 is 6.09 Å². The number of aromatic nitrogens is 2. The molecule has 6 nitrogen and oxygen atoms in total.